The molecule has 0 atom stereocenters. The Labute approximate surface area is 146 Å². The predicted molar refractivity (Wildman–Crippen MR) is 80.9 cm³/mol. The van der Waals surface area contributed by atoms with E-state index in [1.807, 2.05) is 0 Å². The van der Waals surface area contributed by atoms with E-state index in [2.05, 4.69) is 67.2 Å². The Morgan fingerprint density at radius 1 is 1.11 bits per heavy atom. The van der Waals surface area contributed by atoms with Crippen molar-refractivity contribution in [3.05, 3.63) is 13.8 Å². The molecule has 0 aromatic carbocycles. The molecule has 19 heavy (non-hydrogen) atoms. The maximum absolute atomic E-state index is 10.9. The first-order valence-electron chi connectivity index (χ1n) is 6.62. The summed E-state index contributed by atoms with van der Waals surface area (Å²) in [7, 11) is 0. The SMILES string of the molecule is [CH2-]C(C)(C)C.[CH2-]CC(=O)CCCC#CC(C)(C)C.[Y]. The summed E-state index contributed by atoms with van der Waals surface area (Å²) in [4.78, 5) is 10.9. The van der Waals surface area contributed by atoms with Crippen LogP contribution in [-0.4, -0.2) is 5.78 Å². The zero-order valence-corrected chi connectivity index (χ0v) is 16.6. The number of hydrogen-bond acceptors (Lipinski definition) is 1. The van der Waals surface area contributed by atoms with E-state index < -0.39 is 0 Å². The van der Waals surface area contributed by atoms with Crippen LogP contribution < -0.4 is 0 Å². The van der Waals surface area contributed by atoms with Crippen molar-refractivity contribution >= 4 is 5.78 Å². The third-order valence-corrected chi connectivity index (χ3v) is 1.50. The first-order valence-corrected chi connectivity index (χ1v) is 6.62. The topological polar surface area (TPSA) is 17.1 Å². The van der Waals surface area contributed by atoms with Gasteiger partial charge in [0.25, 0.3) is 0 Å². The standard InChI is InChI=1S/C12H19O.C5H11.Y/c1-5-11(13)9-7-6-8-10-12(2,3)4;1-5(2,3)4;/h1,5-7,9H2,2-4H3;1H2,2-4H3;/q2*-1;. The van der Waals surface area contributed by atoms with Gasteiger partial charge in [0.2, 0.25) is 0 Å². The van der Waals surface area contributed by atoms with Gasteiger partial charge >= 0.3 is 0 Å². The van der Waals surface area contributed by atoms with Gasteiger partial charge in [0.05, 0.1) is 0 Å². The molecule has 0 rings (SSSR count). The Bertz CT molecular complexity index is 275. The van der Waals surface area contributed by atoms with E-state index in [1.165, 1.54) is 0 Å². The molecule has 0 spiro atoms. The molecule has 0 heterocycles. The molecule has 2 heteroatoms. The summed E-state index contributed by atoms with van der Waals surface area (Å²) in [6.45, 7) is 19.8. The van der Waals surface area contributed by atoms with E-state index in [0.717, 1.165) is 12.8 Å². The Balaban J connectivity index is -0.000000366. The molecule has 0 aliphatic carbocycles. The number of carbonyl (C=O) groups excluding carboxylic acids is 1. The summed E-state index contributed by atoms with van der Waals surface area (Å²) in [6.07, 6.45) is 2.73. The minimum Gasteiger partial charge on any atom is -0.338 e. The van der Waals surface area contributed by atoms with E-state index in [-0.39, 0.29) is 49.3 Å². The molecule has 1 nitrogen and oxygen atoms in total. The van der Waals surface area contributed by atoms with Crippen LogP contribution in [0.5, 0.6) is 0 Å². The number of carbonyl (C=O) groups is 1. The number of unbranched alkanes of at least 4 members (excludes halogenated alkanes) is 1. The quantitative estimate of drug-likeness (QED) is 0.406. The van der Waals surface area contributed by atoms with Crippen molar-refractivity contribution in [2.24, 2.45) is 10.8 Å². The van der Waals surface area contributed by atoms with E-state index >= 15 is 0 Å². The molecule has 109 valence electrons. The summed E-state index contributed by atoms with van der Waals surface area (Å²) in [6, 6.07) is 0. The van der Waals surface area contributed by atoms with Crippen molar-refractivity contribution in [3.63, 3.8) is 0 Å². The van der Waals surface area contributed by atoms with E-state index in [9.17, 15) is 4.79 Å². The van der Waals surface area contributed by atoms with Crippen LogP contribution in [0.3, 0.4) is 0 Å². The third kappa shape index (κ3) is 38.1. The largest absolute Gasteiger partial charge is 0.338 e. The number of rotatable bonds is 4. The molecule has 0 aromatic heterocycles. The molecule has 0 fully saturated rings. The first kappa shape index (κ1) is 24.4. The van der Waals surface area contributed by atoms with Crippen LogP contribution in [0, 0.1) is 36.5 Å². The van der Waals surface area contributed by atoms with Gasteiger partial charge < -0.3 is 18.6 Å². The number of hydrogen-bond donors (Lipinski definition) is 0. The number of Topliss-reactive ketones (excluding diaryl/α,β-unsaturated/α-hetero) is 1. The molecular weight excluding hydrogens is 309 g/mol. The second-order valence-corrected chi connectivity index (χ2v) is 6.75. The first-order chi connectivity index (χ1) is 7.95. The van der Waals surface area contributed by atoms with Gasteiger partial charge in [0.1, 0.15) is 5.78 Å². The normalized spacial score (nSPS) is 10.3. The van der Waals surface area contributed by atoms with Gasteiger partial charge in [-0.05, 0) is 27.2 Å². The summed E-state index contributed by atoms with van der Waals surface area (Å²) in [5, 5.41) is 0. The molecule has 0 saturated carbocycles. The molecule has 0 bridgehead atoms. The summed E-state index contributed by atoms with van der Waals surface area (Å²) in [5.74, 6) is 6.45. The van der Waals surface area contributed by atoms with Gasteiger partial charge in [-0.3, -0.25) is 0 Å². The van der Waals surface area contributed by atoms with Crippen molar-refractivity contribution in [1.82, 2.24) is 0 Å². The minimum atomic E-state index is 0. The van der Waals surface area contributed by atoms with Crippen molar-refractivity contribution in [2.45, 2.75) is 67.2 Å². The molecule has 0 aliphatic rings. The van der Waals surface area contributed by atoms with Crippen molar-refractivity contribution < 1.29 is 37.5 Å². The zero-order valence-electron chi connectivity index (χ0n) is 13.7. The Morgan fingerprint density at radius 2 is 1.53 bits per heavy atom. The average molecular weight is 339 g/mol. The molecule has 0 aromatic rings. The Hall–Kier alpha value is 0.334. The molecule has 0 aliphatic heterocycles. The van der Waals surface area contributed by atoms with E-state index in [4.69, 9.17) is 0 Å². The van der Waals surface area contributed by atoms with Gasteiger partial charge in [0.15, 0.2) is 0 Å². The van der Waals surface area contributed by atoms with Gasteiger partial charge in [-0.1, -0.05) is 26.7 Å². The van der Waals surface area contributed by atoms with Crippen molar-refractivity contribution in [1.29, 1.82) is 0 Å². The second-order valence-electron chi connectivity index (χ2n) is 6.75. The molecule has 1 radical (unpaired) electrons. The molecule has 0 amide bonds. The smallest absolute Gasteiger partial charge is 0.103 e. The maximum Gasteiger partial charge on any atom is 0.103 e. The van der Waals surface area contributed by atoms with Crippen LogP contribution in [0.25, 0.3) is 0 Å². The fourth-order valence-electron chi connectivity index (χ4n) is 0.827. The second kappa shape index (κ2) is 12.1. The molecule has 0 saturated heterocycles. The Morgan fingerprint density at radius 3 is 1.84 bits per heavy atom. The average Bonchev–Trinajstić information content (AvgIpc) is 2.12. The van der Waals surface area contributed by atoms with Crippen LogP contribution in [0.15, 0.2) is 0 Å². The predicted octanol–water partition coefficient (Wildman–Crippen LogP) is 4.86. The van der Waals surface area contributed by atoms with Crippen molar-refractivity contribution in [2.75, 3.05) is 0 Å². The van der Waals surface area contributed by atoms with E-state index in [1.54, 1.807) is 0 Å². The zero-order chi connectivity index (χ0) is 14.8. The van der Waals surface area contributed by atoms with Gasteiger partial charge in [-0.2, -0.15) is 5.41 Å². The fourth-order valence-corrected chi connectivity index (χ4v) is 0.827. The summed E-state index contributed by atoms with van der Waals surface area (Å²) < 4.78 is 0. The summed E-state index contributed by atoms with van der Waals surface area (Å²) >= 11 is 0. The van der Waals surface area contributed by atoms with Gasteiger partial charge in [-0.25, -0.2) is 0 Å². The maximum atomic E-state index is 10.9. The fraction of sp³-hybridized carbons (Fsp3) is 0.706. The minimum absolute atomic E-state index is 0. The number of ketones is 1. The van der Waals surface area contributed by atoms with Crippen LogP contribution in [0.1, 0.15) is 67.2 Å². The molecular formula is C17H30OY-2. The van der Waals surface area contributed by atoms with Gasteiger partial charge in [-0.15, -0.1) is 12.3 Å². The third-order valence-electron chi connectivity index (χ3n) is 1.50. The Kier molecular flexibility index (Phi) is 15.5. The van der Waals surface area contributed by atoms with Gasteiger partial charge in [0, 0.05) is 51.0 Å². The van der Waals surface area contributed by atoms with Crippen LogP contribution >= 0.6 is 0 Å². The van der Waals surface area contributed by atoms with Crippen LogP contribution in [-0.2, 0) is 37.5 Å². The van der Waals surface area contributed by atoms with Crippen LogP contribution in [0.2, 0.25) is 0 Å². The monoisotopic (exact) mass is 339 g/mol. The van der Waals surface area contributed by atoms with E-state index in [0.29, 0.717) is 12.8 Å². The van der Waals surface area contributed by atoms with Crippen molar-refractivity contribution in [3.8, 4) is 11.8 Å². The van der Waals surface area contributed by atoms with Crippen LogP contribution in [0.4, 0.5) is 0 Å². The molecule has 0 N–H and O–H groups in total. The summed E-state index contributed by atoms with van der Waals surface area (Å²) in [5.41, 5.74) is 0.330. The molecule has 0 unspecified atom stereocenters.